The van der Waals surface area contributed by atoms with E-state index in [0.29, 0.717) is 5.75 Å². The third-order valence-corrected chi connectivity index (χ3v) is 9.53. The number of methoxy groups -OCH3 is 1. The van der Waals surface area contributed by atoms with Gasteiger partial charge in [0.1, 0.15) is 11.5 Å². The summed E-state index contributed by atoms with van der Waals surface area (Å²) in [5.74, 6) is 0.00445. The van der Waals surface area contributed by atoms with Crippen molar-refractivity contribution in [2.75, 3.05) is 23.5 Å². The minimum absolute atomic E-state index is 0.362. The summed E-state index contributed by atoms with van der Waals surface area (Å²) in [5.41, 5.74) is 11.7. The molecule has 59 heavy (non-hydrogen) atoms. The highest BCUT2D eigenvalue weighted by Crippen LogP contribution is 2.37. The predicted octanol–water partition coefficient (Wildman–Crippen LogP) is 12.8. The van der Waals surface area contributed by atoms with E-state index in [4.69, 9.17) is 14.2 Å². The first-order valence-electron chi connectivity index (χ1n) is 19.3. The highest BCUT2D eigenvalue weighted by atomic mass is 16.6. The van der Waals surface area contributed by atoms with Gasteiger partial charge >= 0.3 is 11.9 Å². The number of ether oxygens (including phenoxy) is 3. The van der Waals surface area contributed by atoms with Gasteiger partial charge in [-0.3, -0.25) is 4.79 Å². The van der Waals surface area contributed by atoms with Crippen LogP contribution in [0, 0.1) is 6.92 Å². The number of esters is 2. The molecule has 0 unspecified atom stereocenters. The first-order chi connectivity index (χ1) is 28.8. The molecule has 0 aliphatic carbocycles. The molecule has 0 amide bonds. The van der Waals surface area contributed by atoms with Crippen molar-refractivity contribution in [3.05, 3.63) is 204 Å². The molecule has 0 N–H and O–H groups in total. The number of hydrogen-bond donors (Lipinski definition) is 0. The minimum Gasteiger partial charge on any atom is -0.497 e. The molecule has 7 nitrogen and oxygen atoms in total. The van der Waals surface area contributed by atoms with Crippen molar-refractivity contribution in [2.45, 2.75) is 13.8 Å². The van der Waals surface area contributed by atoms with Crippen LogP contribution >= 0.6 is 0 Å². The molecule has 0 bridgehead atoms. The van der Waals surface area contributed by atoms with Crippen LogP contribution in [0.2, 0.25) is 0 Å². The van der Waals surface area contributed by atoms with Crippen LogP contribution in [0.25, 0.3) is 24.3 Å². The van der Waals surface area contributed by atoms with E-state index in [2.05, 4.69) is 150 Å². The molecule has 292 valence electrons. The number of para-hydroxylation sites is 1. The Bertz CT molecular complexity index is 2510. The Balaban J connectivity index is 0.998. The van der Waals surface area contributed by atoms with Crippen LogP contribution < -0.4 is 19.3 Å². The molecule has 7 rings (SSSR count). The molecule has 0 spiro atoms. The molecule has 0 aliphatic rings. The number of benzene rings is 7. The van der Waals surface area contributed by atoms with Crippen LogP contribution in [0.15, 0.2) is 176 Å². The van der Waals surface area contributed by atoms with Gasteiger partial charge in [0.15, 0.2) is 6.61 Å². The first kappa shape index (κ1) is 39.6. The van der Waals surface area contributed by atoms with E-state index in [0.717, 1.165) is 62.1 Å². The molecule has 0 radical (unpaired) electrons. The predicted molar refractivity (Wildman–Crippen MR) is 240 cm³/mol. The number of aryl methyl sites for hydroxylation is 1. The number of hydrogen-bond acceptors (Lipinski definition) is 7. The highest BCUT2D eigenvalue weighted by Gasteiger charge is 2.15. The van der Waals surface area contributed by atoms with E-state index in [1.54, 1.807) is 19.2 Å². The smallest absolute Gasteiger partial charge is 0.349 e. The summed E-state index contributed by atoms with van der Waals surface area (Å²) in [6.45, 7) is 2.91. The quantitative estimate of drug-likeness (QED) is 0.0619. The average molecular weight is 777 g/mol. The molecule has 0 atom stereocenters. The maximum absolute atomic E-state index is 12.0. The largest absolute Gasteiger partial charge is 0.497 e. The van der Waals surface area contributed by atoms with Gasteiger partial charge in [-0.1, -0.05) is 109 Å². The highest BCUT2D eigenvalue weighted by molar-refractivity contribution is 5.81. The fourth-order valence-corrected chi connectivity index (χ4v) is 6.45. The Labute approximate surface area is 345 Å². The maximum atomic E-state index is 12.0. The summed E-state index contributed by atoms with van der Waals surface area (Å²) in [6.07, 6.45) is 8.48. The fourth-order valence-electron chi connectivity index (χ4n) is 6.45. The molecular formula is C52H44N2O5. The van der Waals surface area contributed by atoms with E-state index < -0.39 is 18.5 Å². The Morgan fingerprint density at radius 2 is 0.797 bits per heavy atom. The molecular weight excluding hydrogens is 733 g/mol. The summed E-state index contributed by atoms with van der Waals surface area (Å²) in [6, 6.07) is 59.4. The van der Waals surface area contributed by atoms with Crippen LogP contribution in [0.4, 0.5) is 34.1 Å². The molecule has 0 saturated carbocycles. The number of rotatable bonds is 14. The van der Waals surface area contributed by atoms with Crippen molar-refractivity contribution in [1.82, 2.24) is 0 Å². The molecule has 0 aliphatic heterocycles. The Kier molecular flexibility index (Phi) is 12.7. The monoisotopic (exact) mass is 776 g/mol. The lowest BCUT2D eigenvalue weighted by Gasteiger charge is -2.26. The van der Waals surface area contributed by atoms with Gasteiger partial charge in [0, 0.05) is 41.0 Å². The van der Waals surface area contributed by atoms with E-state index in [-0.39, 0.29) is 0 Å². The van der Waals surface area contributed by atoms with Crippen molar-refractivity contribution >= 4 is 70.4 Å². The normalized spacial score (nSPS) is 11.0. The third-order valence-electron chi connectivity index (χ3n) is 9.53. The van der Waals surface area contributed by atoms with E-state index >= 15 is 0 Å². The van der Waals surface area contributed by atoms with Crippen LogP contribution in [-0.2, 0) is 14.3 Å². The lowest BCUT2D eigenvalue weighted by atomic mass is 10.1. The van der Waals surface area contributed by atoms with Crippen molar-refractivity contribution in [3.63, 3.8) is 0 Å². The molecule has 0 aromatic heterocycles. The zero-order valence-electron chi connectivity index (χ0n) is 33.2. The van der Waals surface area contributed by atoms with Gasteiger partial charge in [0.05, 0.1) is 7.11 Å². The summed E-state index contributed by atoms with van der Waals surface area (Å²) >= 11 is 0. The molecule has 0 heterocycles. The number of anilines is 6. The van der Waals surface area contributed by atoms with E-state index in [1.807, 2.05) is 54.6 Å². The standard InChI is InChI=1S/C52H44N2O5/c1-38-9-23-45(24-10-38)54(48-29-33-50(57-3)34-30-48)47-27-21-43(22-28-47)18-16-41-13-11-40(12-14-41)15-17-42-19-25-46(26-20-42)53(44-7-5-4-6-8-44)49-31-35-51(36-32-49)59-52(56)37-58-39(2)55/h4-36H,37H2,1-3H3. The second kappa shape index (κ2) is 19.0. The summed E-state index contributed by atoms with van der Waals surface area (Å²) in [4.78, 5) is 27.4. The maximum Gasteiger partial charge on any atom is 0.349 e. The van der Waals surface area contributed by atoms with Gasteiger partial charge in [-0.05, 0) is 126 Å². The zero-order valence-corrected chi connectivity index (χ0v) is 33.2. The molecule has 7 aromatic carbocycles. The lowest BCUT2D eigenvalue weighted by Crippen LogP contribution is -2.17. The summed E-state index contributed by atoms with van der Waals surface area (Å²) < 4.78 is 15.4. The number of carbonyl (C=O) groups is 2. The van der Waals surface area contributed by atoms with Crippen molar-refractivity contribution in [3.8, 4) is 11.5 Å². The Morgan fingerprint density at radius 3 is 1.19 bits per heavy atom. The van der Waals surface area contributed by atoms with Crippen LogP contribution in [0.5, 0.6) is 11.5 Å². The van der Waals surface area contributed by atoms with Crippen LogP contribution in [-0.4, -0.2) is 25.7 Å². The third kappa shape index (κ3) is 10.6. The van der Waals surface area contributed by atoms with Gasteiger partial charge in [-0.15, -0.1) is 0 Å². The Hall–Kier alpha value is -7.64. The molecule has 7 heteroatoms. The number of nitrogens with zero attached hydrogens (tertiary/aromatic N) is 2. The molecule has 0 saturated heterocycles. The van der Waals surface area contributed by atoms with Crippen LogP contribution in [0.1, 0.15) is 34.7 Å². The first-order valence-corrected chi connectivity index (χ1v) is 19.3. The van der Waals surface area contributed by atoms with Crippen molar-refractivity contribution < 1.29 is 23.8 Å². The average Bonchev–Trinajstić information content (AvgIpc) is 3.27. The SMILES string of the molecule is COc1ccc(N(c2ccc(C)cc2)c2ccc(C=Cc3ccc(C=Cc4ccc(N(c5ccccc5)c5ccc(OC(=O)COC(C)=O)cc5)cc4)cc3)cc2)cc1. The molecule has 7 aromatic rings. The number of carbonyl (C=O) groups excluding carboxylic acids is 2. The topological polar surface area (TPSA) is 68.3 Å². The van der Waals surface area contributed by atoms with E-state index in [1.165, 1.54) is 12.5 Å². The minimum atomic E-state index is -0.643. The second-order valence-corrected chi connectivity index (χ2v) is 13.8. The van der Waals surface area contributed by atoms with Crippen molar-refractivity contribution in [1.29, 1.82) is 0 Å². The van der Waals surface area contributed by atoms with Gasteiger partial charge < -0.3 is 24.0 Å². The lowest BCUT2D eigenvalue weighted by molar-refractivity contribution is -0.152. The molecule has 0 fully saturated rings. The van der Waals surface area contributed by atoms with Gasteiger partial charge in [0.25, 0.3) is 0 Å². The van der Waals surface area contributed by atoms with Crippen molar-refractivity contribution in [2.24, 2.45) is 0 Å². The zero-order chi connectivity index (χ0) is 41.0. The van der Waals surface area contributed by atoms with Gasteiger partial charge in [0.2, 0.25) is 0 Å². The Morgan fingerprint density at radius 1 is 0.458 bits per heavy atom. The second-order valence-electron chi connectivity index (χ2n) is 13.8. The van der Waals surface area contributed by atoms with Gasteiger partial charge in [-0.2, -0.15) is 0 Å². The van der Waals surface area contributed by atoms with E-state index in [9.17, 15) is 9.59 Å². The fraction of sp³-hybridized carbons (Fsp3) is 0.0769. The van der Waals surface area contributed by atoms with Crippen LogP contribution in [0.3, 0.4) is 0 Å². The van der Waals surface area contributed by atoms with Gasteiger partial charge in [-0.25, -0.2) is 4.79 Å². The summed E-state index contributed by atoms with van der Waals surface area (Å²) in [5, 5.41) is 0. The summed E-state index contributed by atoms with van der Waals surface area (Å²) in [7, 11) is 1.68.